The van der Waals surface area contributed by atoms with Gasteiger partial charge in [-0.05, 0) is 38.0 Å². The zero-order chi connectivity index (χ0) is 8.10. The molecule has 11 heavy (non-hydrogen) atoms. The smallest absolute Gasteiger partial charge is 0.0568 e. The molecule has 0 amide bonds. The van der Waals surface area contributed by atoms with Gasteiger partial charge in [-0.15, -0.1) is 0 Å². The van der Waals surface area contributed by atoms with E-state index in [4.69, 9.17) is 4.74 Å². The molecule has 1 unspecified atom stereocenters. The molecule has 0 bridgehead atoms. The number of methoxy groups -OCH3 is 1. The maximum atomic E-state index is 9.45. The molecule has 0 aromatic carbocycles. The van der Waals surface area contributed by atoms with E-state index in [1.165, 1.54) is 12.8 Å². The minimum Gasteiger partial charge on any atom is -0.393 e. The highest BCUT2D eigenvalue weighted by Crippen LogP contribution is 2.34. The van der Waals surface area contributed by atoms with E-state index in [0.717, 1.165) is 25.9 Å². The molecule has 1 fully saturated rings. The van der Waals surface area contributed by atoms with Crippen LogP contribution in [0.5, 0.6) is 0 Å². The van der Waals surface area contributed by atoms with Crippen LogP contribution in [0.3, 0.4) is 0 Å². The van der Waals surface area contributed by atoms with E-state index in [1.807, 2.05) is 0 Å². The van der Waals surface area contributed by atoms with Gasteiger partial charge in [-0.25, -0.2) is 0 Å². The molecule has 0 saturated heterocycles. The van der Waals surface area contributed by atoms with Gasteiger partial charge in [-0.3, -0.25) is 0 Å². The van der Waals surface area contributed by atoms with Gasteiger partial charge < -0.3 is 9.84 Å². The van der Waals surface area contributed by atoms with E-state index < -0.39 is 0 Å². The van der Waals surface area contributed by atoms with Crippen LogP contribution in [0.4, 0.5) is 0 Å². The summed E-state index contributed by atoms with van der Waals surface area (Å²) >= 11 is 0. The summed E-state index contributed by atoms with van der Waals surface area (Å²) in [4.78, 5) is 0. The van der Waals surface area contributed by atoms with E-state index in [9.17, 15) is 5.11 Å². The van der Waals surface area contributed by atoms with Gasteiger partial charge in [0, 0.05) is 13.7 Å². The summed E-state index contributed by atoms with van der Waals surface area (Å²) in [6.07, 6.45) is 5.61. The van der Waals surface area contributed by atoms with E-state index in [2.05, 4.69) is 0 Å². The lowest BCUT2D eigenvalue weighted by Gasteiger charge is -2.07. The Balaban J connectivity index is 1.85. The van der Waals surface area contributed by atoms with Gasteiger partial charge in [0.15, 0.2) is 0 Å². The number of hydrogen-bond acceptors (Lipinski definition) is 2. The van der Waals surface area contributed by atoms with Crippen molar-refractivity contribution in [3.63, 3.8) is 0 Å². The van der Waals surface area contributed by atoms with Crippen LogP contribution in [0.1, 0.15) is 32.1 Å². The fraction of sp³-hybridized carbons (Fsp3) is 1.00. The molecule has 0 aromatic rings. The first-order valence-corrected chi connectivity index (χ1v) is 4.51. The molecule has 66 valence electrons. The third kappa shape index (κ3) is 3.73. The van der Waals surface area contributed by atoms with Gasteiger partial charge in [-0.2, -0.15) is 0 Å². The first kappa shape index (κ1) is 9.01. The fourth-order valence-electron chi connectivity index (χ4n) is 1.32. The summed E-state index contributed by atoms with van der Waals surface area (Å²) in [5.74, 6) is 0.637. The van der Waals surface area contributed by atoms with Gasteiger partial charge in [0.2, 0.25) is 0 Å². The lowest BCUT2D eigenvalue weighted by molar-refractivity contribution is 0.130. The molecule has 1 rings (SSSR count). The van der Waals surface area contributed by atoms with Crippen molar-refractivity contribution in [3.05, 3.63) is 0 Å². The Morgan fingerprint density at radius 3 is 2.73 bits per heavy atom. The van der Waals surface area contributed by atoms with E-state index >= 15 is 0 Å². The molecule has 2 heteroatoms. The van der Waals surface area contributed by atoms with Crippen LogP contribution < -0.4 is 0 Å². The molecule has 1 N–H and O–H groups in total. The molecule has 0 aromatic heterocycles. The van der Waals surface area contributed by atoms with Gasteiger partial charge in [-0.1, -0.05) is 0 Å². The van der Waals surface area contributed by atoms with Crippen LogP contribution in [0, 0.1) is 5.92 Å². The van der Waals surface area contributed by atoms with Crippen molar-refractivity contribution in [2.24, 2.45) is 5.92 Å². The van der Waals surface area contributed by atoms with Crippen molar-refractivity contribution in [2.45, 2.75) is 38.2 Å². The van der Waals surface area contributed by atoms with E-state index in [-0.39, 0.29) is 6.10 Å². The summed E-state index contributed by atoms with van der Waals surface area (Å²) in [5.41, 5.74) is 0. The number of aliphatic hydroxyl groups excluding tert-OH is 1. The molecule has 1 atom stereocenters. The van der Waals surface area contributed by atoms with Crippen molar-refractivity contribution >= 4 is 0 Å². The minimum atomic E-state index is -0.0214. The second kappa shape index (κ2) is 4.73. The highest BCUT2D eigenvalue weighted by Gasteiger charge is 2.28. The summed E-state index contributed by atoms with van der Waals surface area (Å²) in [6.45, 7) is 0.831. The lowest BCUT2D eigenvalue weighted by atomic mass is 10.1. The second-order valence-electron chi connectivity index (χ2n) is 3.39. The topological polar surface area (TPSA) is 29.5 Å². The van der Waals surface area contributed by atoms with Crippen LogP contribution >= 0.6 is 0 Å². The highest BCUT2D eigenvalue weighted by atomic mass is 16.5. The van der Waals surface area contributed by atoms with Crippen molar-refractivity contribution < 1.29 is 9.84 Å². The first-order chi connectivity index (χ1) is 5.34. The summed E-state index contributed by atoms with van der Waals surface area (Å²) in [5, 5.41) is 9.45. The number of hydrogen-bond donors (Lipinski definition) is 1. The third-order valence-corrected chi connectivity index (χ3v) is 2.26. The number of unbranched alkanes of at least 4 members (excludes halogenated alkanes) is 1. The SMILES string of the molecule is COCCCCC(O)C1CC1. The number of aliphatic hydroxyl groups is 1. The van der Waals surface area contributed by atoms with Crippen LogP contribution in [0.2, 0.25) is 0 Å². The maximum Gasteiger partial charge on any atom is 0.0568 e. The van der Waals surface area contributed by atoms with Crippen LogP contribution in [0.25, 0.3) is 0 Å². The van der Waals surface area contributed by atoms with Crippen LogP contribution in [0.15, 0.2) is 0 Å². The number of ether oxygens (including phenoxy) is 1. The zero-order valence-electron chi connectivity index (χ0n) is 7.25. The molecule has 1 aliphatic rings. The molecule has 0 aliphatic heterocycles. The Hall–Kier alpha value is -0.0800. The minimum absolute atomic E-state index is 0.0214. The fourth-order valence-corrected chi connectivity index (χ4v) is 1.32. The monoisotopic (exact) mass is 158 g/mol. The summed E-state index contributed by atoms with van der Waals surface area (Å²) in [6, 6.07) is 0. The van der Waals surface area contributed by atoms with Crippen LogP contribution in [-0.4, -0.2) is 24.9 Å². The highest BCUT2D eigenvalue weighted by molar-refractivity contribution is 4.80. The molecule has 1 saturated carbocycles. The Bertz CT molecular complexity index is 99.7. The van der Waals surface area contributed by atoms with Crippen molar-refractivity contribution in [3.8, 4) is 0 Å². The van der Waals surface area contributed by atoms with E-state index in [1.54, 1.807) is 7.11 Å². The third-order valence-electron chi connectivity index (χ3n) is 2.26. The Labute approximate surface area is 68.6 Å². The lowest BCUT2D eigenvalue weighted by Crippen LogP contribution is -2.08. The van der Waals surface area contributed by atoms with Gasteiger partial charge in [0.25, 0.3) is 0 Å². The Morgan fingerprint density at radius 1 is 1.45 bits per heavy atom. The van der Waals surface area contributed by atoms with Crippen molar-refractivity contribution in [2.75, 3.05) is 13.7 Å². The van der Waals surface area contributed by atoms with Gasteiger partial charge in [0.05, 0.1) is 6.10 Å². The summed E-state index contributed by atoms with van der Waals surface area (Å²) in [7, 11) is 1.72. The largest absolute Gasteiger partial charge is 0.393 e. The Morgan fingerprint density at radius 2 is 2.18 bits per heavy atom. The average molecular weight is 158 g/mol. The Kier molecular flexibility index (Phi) is 3.87. The first-order valence-electron chi connectivity index (χ1n) is 4.51. The van der Waals surface area contributed by atoms with Gasteiger partial charge >= 0.3 is 0 Å². The second-order valence-corrected chi connectivity index (χ2v) is 3.39. The molecule has 0 spiro atoms. The predicted octanol–water partition coefficient (Wildman–Crippen LogP) is 1.57. The maximum absolute atomic E-state index is 9.45. The summed E-state index contributed by atoms with van der Waals surface area (Å²) < 4.78 is 4.92. The molecule has 0 heterocycles. The molecule has 2 nitrogen and oxygen atoms in total. The molecule has 1 aliphatic carbocycles. The van der Waals surface area contributed by atoms with Crippen LogP contribution in [-0.2, 0) is 4.74 Å². The predicted molar refractivity (Wildman–Crippen MR) is 44.5 cm³/mol. The standard InChI is InChI=1S/C9H18O2/c1-11-7-3-2-4-9(10)8-5-6-8/h8-10H,2-7H2,1H3. The zero-order valence-corrected chi connectivity index (χ0v) is 7.25. The van der Waals surface area contributed by atoms with Crippen molar-refractivity contribution in [1.29, 1.82) is 0 Å². The van der Waals surface area contributed by atoms with Gasteiger partial charge in [0.1, 0.15) is 0 Å². The molecular weight excluding hydrogens is 140 g/mol. The molecular formula is C9H18O2. The normalized spacial score (nSPS) is 20.2. The van der Waals surface area contributed by atoms with Crippen molar-refractivity contribution in [1.82, 2.24) is 0 Å². The van der Waals surface area contributed by atoms with E-state index in [0.29, 0.717) is 5.92 Å². The average Bonchev–Trinajstić information content (AvgIpc) is 2.79. The molecule has 0 radical (unpaired) electrons. The quantitative estimate of drug-likeness (QED) is 0.595. The number of rotatable bonds is 6.